The lowest BCUT2D eigenvalue weighted by molar-refractivity contribution is 0.0915. The highest BCUT2D eigenvalue weighted by Gasteiger charge is 2.12. The summed E-state index contributed by atoms with van der Waals surface area (Å²) in [5.41, 5.74) is 2.40. The summed E-state index contributed by atoms with van der Waals surface area (Å²) in [7, 11) is 0. The van der Waals surface area contributed by atoms with E-state index in [0.29, 0.717) is 12.0 Å². The Balaban J connectivity index is 2.19. The number of nitrogens with one attached hydrogen (secondary N) is 1. The first-order chi connectivity index (χ1) is 9.63. The normalized spacial score (nSPS) is 12.2. The van der Waals surface area contributed by atoms with Gasteiger partial charge in [-0.3, -0.25) is 4.79 Å². The summed E-state index contributed by atoms with van der Waals surface area (Å²) in [5, 5.41) is 14.9. The molecule has 1 heterocycles. The van der Waals surface area contributed by atoms with Crippen molar-refractivity contribution in [1.82, 2.24) is 10.3 Å². The van der Waals surface area contributed by atoms with Gasteiger partial charge in [0.25, 0.3) is 5.91 Å². The monoisotopic (exact) mass is 290 g/mol. The number of amides is 1. The Morgan fingerprint density at radius 1 is 1.50 bits per heavy atom. The van der Waals surface area contributed by atoms with Gasteiger partial charge in [-0.15, -0.1) is 11.3 Å². The van der Waals surface area contributed by atoms with Crippen LogP contribution in [0.3, 0.4) is 0 Å². The van der Waals surface area contributed by atoms with Crippen LogP contribution < -0.4 is 5.32 Å². The summed E-state index contributed by atoms with van der Waals surface area (Å²) in [6.45, 7) is 3.83. The van der Waals surface area contributed by atoms with Crippen LogP contribution in [0.4, 0.5) is 0 Å². The van der Waals surface area contributed by atoms with E-state index in [1.165, 1.54) is 0 Å². The van der Waals surface area contributed by atoms with E-state index in [-0.39, 0.29) is 18.6 Å². The van der Waals surface area contributed by atoms with Gasteiger partial charge in [-0.2, -0.15) is 0 Å². The van der Waals surface area contributed by atoms with E-state index >= 15 is 0 Å². The largest absolute Gasteiger partial charge is 0.394 e. The van der Waals surface area contributed by atoms with Crippen LogP contribution in [-0.2, 0) is 0 Å². The lowest BCUT2D eigenvalue weighted by Crippen LogP contribution is -2.36. The number of thiazole rings is 1. The Kier molecular flexibility index (Phi) is 4.87. The van der Waals surface area contributed by atoms with E-state index in [1.807, 2.05) is 37.4 Å². The lowest BCUT2D eigenvalue weighted by Gasteiger charge is -2.14. The van der Waals surface area contributed by atoms with Crippen molar-refractivity contribution in [3.8, 4) is 11.3 Å². The van der Waals surface area contributed by atoms with Crippen LogP contribution in [0.2, 0.25) is 0 Å². The molecule has 20 heavy (non-hydrogen) atoms. The first-order valence-corrected chi connectivity index (χ1v) is 7.46. The fourth-order valence-corrected chi connectivity index (χ4v) is 2.48. The molecule has 1 unspecified atom stereocenters. The summed E-state index contributed by atoms with van der Waals surface area (Å²) < 4.78 is 0. The maximum absolute atomic E-state index is 12.1. The predicted molar refractivity (Wildman–Crippen MR) is 80.9 cm³/mol. The molecular formula is C15H18N2O2S. The minimum absolute atomic E-state index is 0.0484. The molecule has 1 amide bonds. The van der Waals surface area contributed by atoms with Crippen LogP contribution >= 0.6 is 11.3 Å². The SMILES string of the molecule is CCC(CO)NC(=O)c1cccc(-c2csc(C)n2)c1. The molecule has 5 heteroatoms. The van der Waals surface area contributed by atoms with Gasteiger partial charge >= 0.3 is 0 Å². The predicted octanol–water partition coefficient (Wildman–Crippen LogP) is 2.62. The number of aromatic nitrogens is 1. The smallest absolute Gasteiger partial charge is 0.251 e. The van der Waals surface area contributed by atoms with Gasteiger partial charge in [0.15, 0.2) is 0 Å². The zero-order chi connectivity index (χ0) is 14.5. The lowest BCUT2D eigenvalue weighted by atomic mass is 10.1. The Hall–Kier alpha value is -1.72. The number of aryl methyl sites for hydroxylation is 1. The second-order valence-electron chi connectivity index (χ2n) is 4.59. The van der Waals surface area contributed by atoms with E-state index in [2.05, 4.69) is 10.3 Å². The second kappa shape index (κ2) is 6.63. The molecule has 2 N–H and O–H groups in total. The Bertz CT molecular complexity index is 591. The molecule has 2 rings (SSSR count). The van der Waals surface area contributed by atoms with Gasteiger partial charge < -0.3 is 10.4 Å². The number of hydrogen-bond donors (Lipinski definition) is 2. The van der Waals surface area contributed by atoms with Gasteiger partial charge in [0.2, 0.25) is 0 Å². The van der Waals surface area contributed by atoms with E-state index in [9.17, 15) is 4.79 Å². The molecule has 0 saturated heterocycles. The van der Waals surface area contributed by atoms with Crippen molar-refractivity contribution in [3.05, 3.63) is 40.2 Å². The Labute approximate surface area is 122 Å². The minimum atomic E-state index is -0.201. The molecule has 106 valence electrons. The number of hydrogen-bond acceptors (Lipinski definition) is 4. The third-order valence-electron chi connectivity index (χ3n) is 3.09. The molecular weight excluding hydrogens is 272 g/mol. The van der Waals surface area contributed by atoms with Gasteiger partial charge in [0.05, 0.1) is 23.4 Å². The van der Waals surface area contributed by atoms with E-state index in [4.69, 9.17) is 5.11 Å². The number of aliphatic hydroxyl groups is 1. The van der Waals surface area contributed by atoms with Crippen LogP contribution in [0.5, 0.6) is 0 Å². The average molecular weight is 290 g/mol. The highest BCUT2D eigenvalue weighted by Crippen LogP contribution is 2.22. The van der Waals surface area contributed by atoms with Crippen molar-refractivity contribution < 1.29 is 9.90 Å². The zero-order valence-electron chi connectivity index (χ0n) is 11.6. The zero-order valence-corrected chi connectivity index (χ0v) is 12.4. The highest BCUT2D eigenvalue weighted by molar-refractivity contribution is 7.09. The Morgan fingerprint density at radius 2 is 2.30 bits per heavy atom. The van der Waals surface area contributed by atoms with Crippen LogP contribution in [0.1, 0.15) is 28.7 Å². The molecule has 0 radical (unpaired) electrons. The van der Waals surface area contributed by atoms with Gasteiger partial charge in [-0.25, -0.2) is 4.98 Å². The fourth-order valence-electron chi connectivity index (χ4n) is 1.86. The topological polar surface area (TPSA) is 62.2 Å². The van der Waals surface area contributed by atoms with Crippen LogP contribution in [0.25, 0.3) is 11.3 Å². The van der Waals surface area contributed by atoms with Gasteiger partial charge in [-0.05, 0) is 25.5 Å². The van der Waals surface area contributed by atoms with Crippen molar-refractivity contribution in [2.24, 2.45) is 0 Å². The number of aliphatic hydroxyl groups excluding tert-OH is 1. The molecule has 1 aromatic carbocycles. The molecule has 0 aliphatic rings. The molecule has 0 spiro atoms. The minimum Gasteiger partial charge on any atom is -0.394 e. The summed E-state index contributed by atoms with van der Waals surface area (Å²) in [6.07, 6.45) is 0.702. The molecule has 0 aliphatic carbocycles. The van der Waals surface area contributed by atoms with E-state index in [1.54, 1.807) is 17.4 Å². The third kappa shape index (κ3) is 3.43. The van der Waals surface area contributed by atoms with Crippen molar-refractivity contribution in [3.63, 3.8) is 0 Å². The molecule has 1 aromatic heterocycles. The second-order valence-corrected chi connectivity index (χ2v) is 5.66. The molecule has 0 fully saturated rings. The maximum atomic E-state index is 12.1. The summed E-state index contributed by atoms with van der Waals surface area (Å²) in [4.78, 5) is 16.5. The number of rotatable bonds is 5. The summed E-state index contributed by atoms with van der Waals surface area (Å²) >= 11 is 1.59. The third-order valence-corrected chi connectivity index (χ3v) is 3.86. The molecule has 0 saturated carbocycles. The highest BCUT2D eigenvalue weighted by atomic mass is 32.1. The first-order valence-electron chi connectivity index (χ1n) is 6.58. The van der Waals surface area contributed by atoms with Crippen molar-refractivity contribution >= 4 is 17.2 Å². The number of carbonyl (C=O) groups excluding carboxylic acids is 1. The van der Waals surface area contributed by atoms with E-state index in [0.717, 1.165) is 16.3 Å². The van der Waals surface area contributed by atoms with Crippen molar-refractivity contribution in [1.29, 1.82) is 0 Å². The van der Waals surface area contributed by atoms with E-state index < -0.39 is 0 Å². The van der Waals surface area contributed by atoms with Gasteiger partial charge in [0.1, 0.15) is 0 Å². The van der Waals surface area contributed by atoms with Gasteiger partial charge in [0, 0.05) is 16.5 Å². The first kappa shape index (κ1) is 14.7. The van der Waals surface area contributed by atoms with Crippen LogP contribution in [-0.4, -0.2) is 28.6 Å². The molecule has 4 nitrogen and oxygen atoms in total. The Morgan fingerprint density at radius 3 is 2.90 bits per heavy atom. The standard InChI is InChI=1S/C15H18N2O2S/c1-3-13(8-18)17-15(19)12-6-4-5-11(7-12)14-9-20-10(2)16-14/h4-7,9,13,18H,3,8H2,1-2H3,(H,17,19). The molecule has 0 bridgehead atoms. The van der Waals surface area contributed by atoms with Crippen LogP contribution in [0.15, 0.2) is 29.6 Å². The molecule has 1 atom stereocenters. The molecule has 2 aromatic rings. The average Bonchev–Trinajstić information content (AvgIpc) is 2.91. The van der Waals surface area contributed by atoms with Crippen molar-refractivity contribution in [2.75, 3.05) is 6.61 Å². The number of carbonyl (C=O) groups is 1. The summed E-state index contributed by atoms with van der Waals surface area (Å²) in [6, 6.07) is 7.18. The molecule has 0 aliphatic heterocycles. The maximum Gasteiger partial charge on any atom is 0.251 e. The number of nitrogens with zero attached hydrogens (tertiary/aromatic N) is 1. The fraction of sp³-hybridized carbons (Fsp3) is 0.333. The van der Waals surface area contributed by atoms with Crippen LogP contribution in [0, 0.1) is 6.92 Å². The number of benzene rings is 1. The quantitative estimate of drug-likeness (QED) is 0.890. The van der Waals surface area contributed by atoms with Gasteiger partial charge in [-0.1, -0.05) is 19.1 Å². The summed E-state index contributed by atoms with van der Waals surface area (Å²) in [5.74, 6) is -0.167. The van der Waals surface area contributed by atoms with Crippen molar-refractivity contribution in [2.45, 2.75) is 26.3 Å².